The van der Waals surface area contributed by atoms with Crippen LogP contribution in [0, 0.1) is 5.82 Å². The molecule has 5 heteroatoms. The second-order valence-electron chi connectivity index (χ2n) is 3.08. The minimum atomic E-state index is -0.497. The van der Waals surface area contributed by atoms with Gasteiger partial charge in [-0.25, -0.2) is 9.37 Å². The molecule has 2 N–H and O–H groups in total. The van der Waals surface area contributed by atoms with Gasteiger partial charge in [0.05, 0.1) is 10.7 Å². The maximum Gasteiger partial charge on any atom is 0.242 e. The molecule has 1 aromatic carbocycles. The van der Waals surface area contributed by atoms with E-state index in [1.165, 1.54) is 18.2 Å². The monoisotopic (exact) mass is 238 g/mol. The maximum absolute atomic E-state index is 12.9. The van der Waals surface area contributed by atoms with E-state index in [0.717, 1.165) is 0 Å². The zero-order chi connectivity index (χ0) is 11.5. The van der Waals surface area contributed by atoms with E-state index in [1.54, 1.807) is 18.3 Å². The van der Waals surface area contributed by atoms with Gasteiger partial charge in [-0.15, -0.1) is 0 Å². The smallest absolute Gasteiger partial charge is 0.242 e. The van der Waals surface area contributed by atoms with Gasteiger partial charge in [0.2, 0.25) is 5.88 Å². The summed E-state index contributed by atoms with van der Waals surface area (Å²) in [7, 11) is 0. The highest BCUT2D eigenvalue weighted by Gasteiger charge is 2.05. The van der Waals surface area contributed by atoms with Crippen molar-refractivity contribution in [1.29, 1.82) is 0 Å². The van der Waals surface area contributed by atoms with Crippen LogP contribution in [0.3, 0.4) is 0 Å². The lowest BCUT2D eigenvalue weighted by atomic mass is 10.3. The predicted octanol–water partition coefficient (Wildman–Crippen LogP) is 3.25. The van der Waals surface area contributed by atoms with Crippen LogP contribution in [0.1, 0.15) is 0 Å². The molecule has 0 unspecified atom stereocenters. The molecular formula is C11H8ClFN2O. The van der Waals surface area contributed by atoms with E-state index >= 15 is 0 Å². The molecule has 0 atom stereocenters. The number of anilines is 1. The van der Waals surface area contributed by atoms with Crippen LogP contribution in [0.15, 0.2) is 36.5 Å². The summed E-state index contributed by atoms with van der Waals surface area (Å²) in [5.74, 6) is 0.157. The van der Waals surface area contributed by atoms with Gasteiger partial charge in [-0.1, -0.05) is 11.6 Å². The fourth-order valence-electron chi connectivity index (χ4n) is 1.14. The Bertz CT molecular complexity index is 519. The number of nitrogens with zero attached hydrogens (tertiary/aromatic N) is 1. The molecule has 0 aliphatic heterocycles. The first-order valence-corrected chi connectivity index (χ1v) is 4.88. The first kappa shape index (κ1) is 10.7. The van der Waals surface area contributed by atoms with E-state index in [1.807, 2.05) is 0 Å². The fraction of sp³-hybridized carbons (Fsp3) is 0. The van der Waals surface area contributed by atoms with Gasteiger partial charge in [0.25, 0.3) is 0 Å². The quantitative estimate of drug-likeness (QED) is 0.874. The molecule has 0 saturated carbocycles. The molecule has 0 saturated heterocycles. The number of rotatable bonds is 2. The minimum absolute atomic E-state index is 0.00741. The van der Waals surface area contributed by atoms with Crippen LogP contribution in [0.25, 0.3) is 0 Å². The lowest BCUT2D eigenvalue weighted by Gasteiger charge is -2.06. The number of hydrogen-bond donors (Lipinski definition) is 1. The van der Waals surface area contributed by atoms with Crippen LogP contribution in [0.5, 0.6) is 11.6 Å². The molecular weight excluding hydrogens is 231 g/mol. The number of halogens is 2. The first-order valence-electron chi connectivity index (χ1n) is 4.50. The van der Waals surface area contributed by atoms with E-state index in [9.17, 15) is 4.39 Å². The minimum Gasteiger partial charge on any atom is -0.437 e. The molecule has 0 radical (unpaired) electrons. The van der Waals surface area contributed by atoms with Gasteiger partial charge < -0.3 is 10.5 Å². The van der Waals surface area contributed by atoms with E-state index < -0.39 is 5.82 Å². The lowest BCUT2D eigenvalue weighted by Crippen LogP contribution is -1.94. The van der Waals surface area contributed by atoms with E-state index in [2.05, 4.69) is 4.98 Å². The van der Waals surface area contributed by atoms with Gasteiger partial charge >= 0.3 is 0 Å². The van der Waals surface area contributed by atoms with Crippen LogP contribution in [-0.2, 0) is 0 Å². The van der Waals surface area contributed by atoms with Crippen LogP contribution in [0.2, 0.25) is 5.02 Å². The zero-order valence-electron chi connectivity index (χ0n) is 8.15. The molecule has 1 aromatic heterocycles. The van der Waals surface area contributed by atoms with E-state index in [-0.39, 0.29) is 10.9 Å². The van der Waals surface area contributed by atoms with Crippen LogP contribution < -0.4 is 10.5 Å². The van der Waals surface area contributed by atoms with Gasteiger partial charge in [-0.3, -0.25) is 0 Å². The number of ether oxygens (including phenoxy) is 1. The van der Waals surface area contributed by atoms with Crippen molar-refractivity contribution in [2.75, 3.05) is 5.73 Å². The number of nitrogen functional groups attached to an aromatic ring is 1. The molecule has 0 fully saturated rings. The van der Waals surface area contributed by atoms with Crippen LogP contribution in [0.4, 0.5) is 10.1 Å². The van der Waals surface area contributed by atoms with Gasteiger partial charge in [0.1, 0.15) is 11.6 Å². The Morgan fingerprint density at radius 1 is 1.31 bits per heavy atom. The molecule has 16 heavy (non-hydrogen) atoms. The number of benzene rings is 1. The SMILES string of the molecule is Nc1cccnc1Oc1ccc(F)c(Cl)c1. The predicted molar refractivity (Wildman–Crippen MR) is 60.1 cm³/mol. The van der Waals surface area contributed by atoms with Crippen molar-refractivity contribution >= 4 is 17.3 Å². The van der Waals surface area contributed by atoms with Crippen molar-refractivity contribution in [3.63, 3.8) is 0 Å². The highest BCUT2D eigenvalue weighted by Crippen LogP contribution is 2.27. The summed E-state index contributed by atoms with van der Waals surface area (Å²) in [5.41, 5.74) is 6.05. The Kier molecular flexibility index (Phi) is 2.92. The summed E-state index contributed by atoms with van der Waals surface area (Å²) in [5, 5.41) is -0.00741. The summed E-state index contributed by atoms with van der Waals surface area (Å²) >= 11 is 5.61. The fourth-order valence-corrected chi connectivity index (χ4v) is 1.31. The number of hydrogen-bond acceptors (Lipinski definition) is 3. The van der Waals surface area contributed by atoms with Crippen molar-refractivity contribution in [3.8, 4) is 11.6 Å². The first-order chi connectivity index (χ1) is 7.66. The summed E-state index contributed by atoms with van der Waals surface area (Å²) in [6.45, 7) is 0. The maximum atomic E-state index is 12.9. The average Bonchev–Trinajstić information content (AvgIpc) is 2.27. The summed E-state index contributed by atoms with van der Waals surface area (Å²) in [4.78, 5) is 3.94. The third kappa shape index (κ3) is 2.23. The second kappa shape index (κ2) is 4.37. The largest absolute Gasteiger partial charge is 0.437 e. The van der Waals surface area contributed by atoms with Gasteiger partial charge in [-0.05, 0) is 24.3 Å². The second-order valence-corrected chi connectivity index (χ2v) is 3.48. The molecule has 1 heterocycles. The summed E-state index contributed by atoms with van der Waals surface area (Å²) in [6, 6.07) is 7.39. The standard InChI is InChI=1S/C11H8ClFN2O/c12-8-6-7(3-4-9(8)13)16-11-10(14)2-1-5-15-11/h1-6H,14H2. The Balaban J connectivity index is 2.28. The topological polar surface area (TPSA) is 48.1 Å². The van der Waals surface area contributed by atoms with Crippen molar-refractivity contribution in [3.05, 3.63) is 47.4 Å². The van der Waals surface area contributed by atoms with Crippen LogP contribution in [-0.4, -0.2) is 4.98 Å². The molecule has 0 aliphatic carbocycles. The Morgan fingerprint density at radius 3 is 2.81 bits per heavy atom. The Hall–Kier alpha value is -1.81. The molecule has 0 spiro atoms. The molecule has 0 bridgehead atoms. The molecule has 0 amide bonds. The zero-order valence-corrected chi connectivity index (χ0v) is 8.91. The Morgan fingerprint density at radius 2 is 2.12 bits per heavy atom. The highest BCUT2D eigenvalue weighted by molar-refractivity contribution is 6.30. The van der Waals surface area contributed by atoms with Crippen molar-refractivity contribution < 1.29 is 9.13 Å². The highest BCUT2D eigenvalue weighted by atomic mass is 35.5. The number of nitrogens with two attached hydrogens (primary N) is 1. The molecule has 82 valence electrons. The van der Waals surface area contributed by atoms with Crippen molar-refractivity contribution in [1.82, 2.24) is 4.98 Å². The third-order valence-corrected chi connectivity index (χ3v) is 2.20. The normalized spacial score (nSPS) is 10.1. The van der Waals surface area contributed by atoms with Crippen LogP contribution >= 0.6 is 11.6 Å². The van der Waals surface area contributed by atoms with Crippen molar-refractivity contribution in [2.45, 2.75) is 0 Å². The lowest BCUT2D eigenvalue weighted by molar-refractivity contribution is 0.464. The third-order valence-electron chi connectivity index (χ3n) is 1.91. The molecule has 0 aliphatic rings. The van der Waals surface area contributed by atoms with Gasteiger partial charge in [0, 0.05) is 12.3 Å². The summed E-state index contributed by atoms with van der Waals surface area (Å²) < 4.78 is 18.2. The number of aromatic nitrogens is 1. The van der Waals surface area contributed by atoms with Gasteiger partial charge in [-0.2, -0.15) is 0 Å². The Labute approximate surface area is 96.6 Å². The average molecular weight is 239 g/mol. The molecule has 2 rings (SSSR count). The summed E-state index contributed by atoms with van der Waals surface area (Å²) in [6.07, 6.45) is 1.55. The van der Waals surface area contributed by atoms with E-state index in [0.29, 0.717) is 11.4 Å². The van der Waals surface area contributed by atoms with Gasteiger partial charge in [0.15, 0.2) is 0 Å². The van der Waals surface area contributed by atoms with Crippen molar-refractivity contribution in [2.24, 2.45) is 0 Å². The molecule has 3 nitrogen and oxygen atoms in total. The van der Waals surface area contributed by atoms with E-state index in [4.69, 9.17) is 22.1 Å². The molecule has 2 aromatic rings. The number of pyridine rings is 1.